The van der Waals surface area contributed by atoms with Gasteiger partial charge in [0, 0.05) is 17.7 Å². The first-order valence-electron chi connectivity index (χ1n) is 7.42. The molecule has 0 bridgehead atoms. The number of nitro benzene ring substituents is 1. The highest BCUT2D eigenvalue weighted by Gasteiger charge is 2.52. The Morgan fingerprint density at radius 1 is 1.35 bits per heavy atom. The number of amides is 3. The van der Waals surface area contributed by atoms with Gasteiger partial charge in [0.15, 0.2) is 0 Å². The zero-order chi connectivity index (χ0) is 16.6. The lowest BCUT2D eigenvalue weighted by Crippen LogP contribution is -2.44. The molecule has 1 spiro atoms. The van der Waals surface area contributed by atoms with E-state index in [0.717, 1.165) is 17.7 Å². The highest BCUT2D eigenvalue weighted by Crippen LogP contribution is 2.36. The van der Waals surface area contributed by atoms with Gasteiger partial charge in [-0.2, -0.15) is 0 Å². The van der Waals surface area contributed by atoms with Crippen molar-refractivity contribution in [1.29, 1.82) is 0 Å². The number of carbonyl (C=O) groups excluding carboxylic acids is 2. The van der Waals surface area contributed by atoms with Crippen molar-refractivity contribution in [3.8, 4) is 5.75 Å². The van der Waals surface area contributed by atoms with Gasteiger partial charge >= 0.3 is 6.03 Å². The molecule has 3 amide bonds. The molecular weight excluding hydrogens is 302 g/mol. The monoisotopic (exact) mass is 319 g/mol. The molecule has 0 atom stereocenters. The van der Waals surface area contributed by atoms with Crippen LogP contribution in [0.15, 0.2) is 18.2 Å². The second kappa shape index (κ2) is 5.53. The van der Waals surface area contributed by atoms with E-state index in [0.29, 0.717) is 24.2 Å². The fourth-order valence-corrected chi connectivity index (χ4v) is 3.31. The summed E-state index contributed by atoms with van der Waals surface area (Å²) in [5.41, 5.74) is -0.464. The summed E-state index contributed by atoms with van der Waals surface area (Å²) in [5.74, 6) is 0.150. The Balaban J connectivity index is 1.89. The summed E-state index contributed by atoms with van der Waals surface area (Å²) in [4.78, 5) is 36.3. The minimum absolute atomic E-state index is 0.0444. The second-order valence-corrected chi connectivity index (χ2v) is 5.86. The third-order valence-electron chi connectivity index (χ3n) is 4.51. The molecule has 0 unspecified atom stereocenters. The summed E-state index contributed by atoms with van der Waals surface area (Å²) in [6, 6.07) is 3.67. The van der Waals surface area contributed by atoms with E-state index in [4.69, 9.17) is 4.74 Å². The quantitative estimate of drug-likeness (QED) is 0.519. The lowest BCUT2D eigenvalue weighted by Gasteiger charge is -2.20. The summed E-state index contributed by atoms with van der Waals surface area (Å²) in [5, 5.41) is 13.7. The number of carbonyl (C=O) groups is 2. The molecule has 1 aromatic carbocycles. The average Bonchev–Trinajstić information content (AvgIpc) is 3.08. The Hall–Kier alpha value is -2.64. The van der Waals surface area contributed by atoms with Gasteiger partial charge in [0.2, 0.25) is 0 Å². The number of benzene rings is 1. The fraction of sp³-hybridized carbons (Fsp3) is 0.467. The molecule has 1 N–H and O–H groups in total. The Kier molecular flexibility index (Phi) is 3.67. The van der Waals surface area contributed by atoms with Gasteiger partial charge in [-0.15, -0.1) is 0 Å². The molecule has 8 heteroatoms. The lowest BCUT2D eigenvalue weighted by atomic mass is 9.98. The molecule has 1 aromatic rings. The van der Waals surface area contributed by atoms with E-state index in [1.165, 1.54) is 25.3 Å². The first-order valence-corrected chi connectivity index (χ1v) is 7.42. The maximum Gasteiger partial charge on any atom is 0.325 e. The summed E-state index contributed by atoms with van der Waals surface area (Å²) in [6.07, 6.45) is 3.08. The summed E-state index contributed by atoms with van der Waals surface area (Å²) in [6.45, 7) is -0.0444. The number of nitrogens with zero attached hydrogens (tertiary/aromatic N) is 2. The van der Waals surface area contributed by atoms with E-state index >= 15 is 0 Å². The highest BCUT2D eigenvalue weighted by molar-refractivity contribution is 6.07. The second-order valence-electron chi connectivity index (χ2n) is 5.86. The van der Waals surface area contributed by atoms with Gasteiger partial charge in [0.05, 0.1) is 18.6 Å². The molecule has 0 radical (unpaired) electrons. The molecule has 1 aliphatic heterocycles. The number of methoxy groups -OCH3 is 1. The largest absolute Gasteiger partial charge is 0.496 e. The Bertz CT molecular complexity index is 682. The maximum absolute atomic E-state index is 12.6. The molecule has 1 saturated heterocycles. The molecule has 23 heavy (non-hydrogen) atoms. The van der Waals surface area contributed by atoms with Crippen LogP contribution in [0.2, 0.25) is 0 Å². The summed E-state index contributed by atoms with van der Waals surface area (Å²) >= 11 is 0. The van der Waals surface area contributed by atoms with Crippen LogP contribution in [0, 0.1) is 10.1 Å². The topological polar surface area (TPSA) is 102 Å². The van der Waals surface area contributed by atoms with Crippen LogP contribution in [0.3, 0.4) is 0 Å². The molecule has 122 valence electrons. The molecule has 2 fully saturated rings. The van der Waals surface area contributed by atoms with Gasteiger partial charge in [0.25, 0.3) is 11.6 Å². The van der Waals surface area contributed by atoms with Gasteiger partial charge in [-0.1, -0.05) is 12.8 Å². The molecule has 0 aromatic heterocycles. The fourth-order valence-electron chi connectivity index (χ4n) is 3.31. The first-order chi connectivity index (χ1) is 11.0. The first kappa shape index (κ1) is 15.3. The highest BCUT2D eigenvalue weighted by atomic mass is 16.6. The van der Waals surface area contributed by atoms with Crippen molar-refractivity contribution >= 4 is 17.6 Å². The Morgan fingerprint density at radius 3 is 2.65 bits per heavy atom. The van der Waals surface area contributed by atoms with Crippen LogP contribution in [-0.2, 0) is 11.3 Å². The predicted octanol–water partition coefficient (Wildman–Crippen LogP) is 1.97. The minimum atomic E-state index is -0.787. The molecule has 3 rings (SSSR count). The maximum atomic E-state index is 12.6. The van der Waals surface area contributed by atoms with E-state index in [9.17, 15) is 19.7 Å². The van der Waals surface area contributed by atoms with Crippen LogP contribution < -0.4 is 10.1 Å². The van der Waals surface area contributed by atoms with Gasteiger partial charge < -0.3 is 10.1 Å². The average molecular weight is 319 g/mol. The standard InChI is InChI=1S/C15H17N3O5/c1-23-12-5-4-11(18(21)22)8-10(12)9-17-13(19)15(16-14(17)20)6-2-3-7-15/h4-5,8H,2-3,6-7,9H2,1H3,(H,16,20). The van der Waals surface area contributed by atoms with Crippen LogP contribution in [0.1, 0.15) is 31.2 Å². The zero-order valence-corrected chi connectivity index (χ0v) is 12.7. The van der Waals surface area contributed by atoms with Crippen molar-refractivity contribution in [1.82, 2.24) is 10.2 Å². The van der Waals surface area contributed by atoms with Crippen LogP contribution in [0.25, 0.3) is 0 Å². The van der Waals surface area contributed by atoms with E-state index < -0.39 is 16.5 Å². The molecule has 1 saturated carbocycles. The number of urea groups is 1. The summed E-state index contributed by atoms with van der Waals surface area (Å²) in [7, 11) is 1.44. The van der Waals surface area contributed by atoms with Gasteiger partial charge in [-0.25, -0.2) is 4.79 Å². The van der Waals surface area contributed by atoms with E-state index in [-0.39, 0.29) is 18.1 Å². The lowest BCUT2D eigenvalue weighted by molar-refractivity contribution is -0.384. The van der Waals surface area contributed by atoms with Gasteiger partial charge in [-0.3, -0.25) is 19.8 Å². The molecule has 8 nitrogen and oxygen atoms in total. The van der Waals surface area contributed by atoms with Gasteiger partial charge in [0.1, 0.15) is 11.3 Å². The molecule has 1 heterocycles. The molecule has 1 aliphatic carbocycles. The number of rotatable bonds is 4. The van der Waals surface area contributed by atoms with Crippen molar-refractivity contribution in [3.63, 3.8) is 0 Å². The van der Waals surface area contributed by atoms with Crippen molar-refractivity contribution < 1.29 is 19.2 Å². The number of non-ortho nitro benzene ring substituents is 1. The van der Waals surface area contributed by atoms with Gasteiger partial charge in [-0.05, 0) is 18.9 Å². The smallest absolute Gasteiger partial charge is 0.325 e. The van der Waals surface area contributed by atoms with E-state index in [1.807, 2.05) is 0 Å². The van der Waals surface area contributed by atoms with Crippen molar-refractivity contribution in [2.24, 2.45) is 0 Å². The van der Waals surface area contributed by atoms with Crippen LogP contribution in [-0.4, -0.2) is 34.4 Å². The normalized spacial score (nSPS) is 19.3. The summed E-state index contributed by atoms with van der Waals surface area (Å²) < 4.78 is 5.19. The van der Waals surface area contributed by atoms with Crippen molar-refractivity contribution in [2.45, 2.75) is 37.8 Å². The van der Waals surface area contributed by atoms with E-state index in [1.54, 1.807) is 0 Å². The van der Waals surface area contributed by atoms with Crippen LogP contribution in [0.5, 0.6) is 5.75 Å². The number of hydrogen-bond acceptors (Lipinski definition) is 5. The predicted molar refractivity (Wildman–Crippen MR) is 79.9 cm³/mol. The Labute approximate surface area is 132 Å². The third kappa shape index (κ3) is 2.49. The van der Waals surface area contributed by atoms with Crippen molar-refractivity contribution in [2.75, 3.05) is 7.11 Å². The van der Waals surface area contributed by atoms with E-state index in [2.05, 4.69) is 5.32 Å². The SMILES string of the molecule is COc1ccc([N+](=O)[O-])cc1CN1C(=O)NC2(CCCC2)C1=O. The van der Waals surface area contributed by atoms with Crippen LogP contribution in [0.4, 0.5) is 10.5 Å². The number of imide groups is 1. The molecule has 2 aliphatic rings. The number of nitro groups is 1. The zero-order valence-electron chi connectivity index (χ0n) is 12.7. The van der Waals surface area contributed by atoms with Crippen LogP contribution >= 0.6 is 0 Å². The minimum Gasteiger partial charge on any atom is -0.496 e. The third-order valence-corrected chi connectivity index (χ3v) is 4.51. The number of nitrogens with one attached hydrogen (secondary N) is 1. The number of ether oxygens (including phenoxy) is 1. The van der Waals surface area contributed by atoms with Crippen molar-refractivity contribution in [3.05, 3.63) is 33.9 Å². The molecular formula is C15H17N3O5. The Morgan fingerprint density at radius 2 is 2.04 bits per heavy atom. The number of hydrogen-bond donors (Lipinski definition) is 1.